The van der Waals surface area contributed by atoms with E-state index in [1.54, 1.807) is 0 Å². The van der Waals surface area contributed by atoms with Crippen LogP contribution >= 0.6 is 0 Å². The van der Waals surface area contributed by atoms with Crippen molar-refractivity contribution in [2.24, 2.45) is 11.1 Å². The molecule has 0 unspecified atom stereocenters. The van der Waals surface area contributed by atoms with Crippen LogP contribution in [0.2, 0.25) is 0 Å². The Morgan fingerprint density at radius 3 is 2.33 bits per heavy atom. The minimum atomic E-state index is -0.337. The van der Waals surface area contributed by atoms with Crippen molar-refractivity contribution in [1.29, 1.82) is 0 Å². The van der Waals surface area contributed by atoms with Crippen LogP contribution in [0.15, 0.2) is 0 Å². The molecule has 2 aliphatic rings. The van der Waals surface area contributed by atoms with E-state index in [2.05, 4.69) is 5.32 Å². The number of likely N-dealkylation sites (tertiary alicyclic amines) is 1. The molecule has 1 saturated carbocycles. The van der Waals surface area contributed by atoms with E-state index < -0.39 is 0 Å². The van der Waals surface area contributed by atoms with Crippen molar-refractivity contribution in [1.82, 2.24) is 10.2 Å². The zero-order valence-corrected chi connectivity index (χ0v) is 10.9. The molecule has 2 amide bonds. The summed E-state index contributed by atoms with van der Waals surface area (Å²) in [6, 6.07) is 0. The standard InChI is InChI=1S/C13H23N3O2/c14-10-13(5-3-6-13)12(18)15-7-4-11(17)16-8-1-2-9-16/h1-10,14H2,(H,15,18). The summed E-state index contributed by atoms with van der Waals surface area (Å²) < 4.78 is 0. The van der Waals surface area contributed by atoms with Gasteiger partial charge < -0.3 is 16.0 Å². The first kappa shape index (κ1) is 13.3. The molecule has 1 aliphatic carbocycles. The number of amides is 2. The third kappa shape index (κ3) is 2.66. The fraction of sp³-hybridized carbons (Fsp3) is 0.846. The molecule has 0 radical (unpaired) electrons. The monoisotopic (exact) mass is 253 g/mol. The van der Waals surface area contributed by atoms with Gasteiger partial charge in [-0.2, -0.15) is 0 Å². The van der Waals surface area contributed by atoms with Crippen molar-refractivity contribution in [3.05, 3.63) is 0 Å². The maximum absolute atomic E-state index is 12.0. The van der Waals surface area contributed by atoms with E-state index in [1.807, 2.05) is 4.90 Å². The highest BCUT2D eigenvalue weighted by molar-refractivity contribution is 5.84. The van der Waals surface area contributed by atoms with E-state index in [-0.39, 0.29) is 17.2 Å². The Labute approximate surface area is 108 Å². The Kier molecular flexibility index (Phi) is 4.22. The maximum Gasteiger partial charge on any atom is 0.227 e. The summed E-state index contributed by atoms with van der Waals surface area (Å²) in [7, 11) is 0. The highest BCUT2D eigenvalue weighted by Crippen LogP contribution is 2.39. The second kappa shape index (κ2) is 5.69. The molecule has 5 heteroatoms. The molecule has 0 aromatic rings. The lowest BCUT2D eigenvalue weighted by atomic mass is 9.68. The van der Waals surface area contributed by atoms with Crippen molar-refractivity contribution < 1.29 is 9.59 Å². The quantitative estimate of drug-likeness (QED) is 0.737. The topological polar surface area (TPSA) is 75.4 Å². The smallest absolute Gasteiger partial charge is 0.227 e. The molecule has 0 aromatic carbocycles. The molecular formula is C13H23N3O2. The van der Waals surface area contributed by atoms with Gasteiger partial charge in [-0.15, -0.1) is 0 Å². The molecule has 3 N–H and O–H groups in total. The average Bonchev–Trinajstić information content (AvgIpc) is 2.81. The molecular weight excluding hydrogens is 230 g/mol. The minimum Gasteiger partial charge on any atom is -0.355 e. The zero-order chi connectivity index (χ0) is 13.0. The summed E-state index contributed by atoms with van der Waals surface area (Å²) in [5.74, 6) is 0.189. The maximum atomic E-state index is 12.0. The lowest BCUT2D eigenvalue weighted by Crippen LogP contribution is -2.50. The van der Waals surface area contributed by atoms with Gasteiger partial charge in [-0.1, -0.05) is 6.42 Å². The van der Waals surface area contributed by atoms with Crippen LogP contribution in [0.4, 0.5) is 0 Å². The van der Waals surface area contributed by atoms with Crippen LogP contribution in [0.1, 0.15) is 38.5 Å². The Morgan fingerprint density at radius 1 is 1.17 bits per heavy atom. The predicted octanol–water partition coefficient (Wildman–Crippen LogP) is 0.244. The molecule has 2 rings (SSSR count). The highest BCUT2D eigenvalue weighted by Gasteiger charge is 2.42. The molecule has 0 bridgehead atoms. The first-order valence-electron chi connectivity index (χ1n) is 6.94. The molecule has 5 nitrogen and oxygen atoms in total. The van der Waals surface area contributed by atoms with Gasteiger partial charge in [-0.05, 0) is 25.7 Å². The molecule has 1 aliphatic heterocycles. The SMILES string of the molecule is NCC1(C(=O)NCCC(=O)N2CCCC2)CCC1. The molecule has 0 spiro atoms. The van der Waals surface area contributed by atoms with Crippen LogP contribution < -0.4 is 11.1 Å². The van der Waals surface area contributed by atoms with E-state index in [4.69, 9.17) is 5.73 Å². The van der Waals surface area contributed by atoms with Crippen LogP contribution in [0.5, 0.6) is 0 Å². The third-order valence-electron chi connectivity index (χ3n) is 4.27. The van der Waals surface area contributed by atoms with E-state index >= 15 is 0 Å². The minimum absolute atomic E-state index is 0.0328. The highest BCUT2D eigenvalue weighted by atomic mass is 16.2. The van der Waals surface area contributed by atoms with Crippen LogP contribution in [0.3, 0.4) is 0 Å². The molecule has 102 valence electrons. The number of hydrogen-bond donors (Lipinski definition) is 2. The van der Waals surface area contributed by atoms with Crippen molar-refractivity contribution >= 4 is 11.8 Å². The van der Waals surface area contributed by atoms with Crippen molar-refractivity contribution in [3.63, 3.8) is 0 Å². The van der Waals surface area contributed by atoms with Gasteiger partial charge in [0.1, 0.15) is 0 Å². The van der Waals surface area contributed by atoms with E-state index in [0.29, 0.717) is 19.5 Å². The van der Waals surface area contributed by atoms with Gasteiger partial charge in [0.2, 0.25) is 11.8 Å². The summed E-state index contributed by atoms with van der Waals surface area (Å²) in [6.45, 7) is 2.61. The Balaban J connectivity index is 1.68. The first-order valence-corrected chi connectivity index (χ1v) is 6.94. The molecule has 1 heterocycles. The second-order valence-electron chi connectivity index (χ2n) is 5.43. The Hall–Kier alpha value is -1.10. The van der Waals surface area contributed by atoms with Gasteiger partial charge in [0.05, 0.1) is 5.41 Å². The van der Waals surface area contributed by atoms with E-state index in [1.165, 1.54) is 0 Å². The molecule has 0 aromatic heterocycles. The van der Waals surface area contributed by atoms with Gasteiger partial charge in [0.25, 0.3) is 0 Å². The van der Waals surface area contributed by atoms with Gasteiger partial charge in [0.15, 0.2) is 0 Å². The number of nitrogens with zero attached hydrogens (tertiary/aromatic N) is 1. The average molecular weight is 253 g/mol. The molecule has 18 heavy (non-hydrogen) atoms. The lowest BCUT2D eigenvalue weighted by molar-refractivity contribution is -0.135. The molecule has 2 fully saturated rings. The van der Waals surface area contributed by atoms with Crippen LogP contribution in [0.25, 0.3) is 0 Å². The Bertz CT molecular complexity index is 315. The van der Waals surface area contributed by atoms with Gasteiger partial charge in [0, 0.05) is 32.6 Å². The first-order chi connectivity index (χ1) is 8.68. The summed E-state index contributed by atoms with van der Waals surface area (Å²) in [5.41, 5.74) is 5.33. The summed E-state index contributed by atoms with van der Waals surface area (Å²) >= 11 is 0. The number of hydrogen-bond acceptors (Lipinski definition) is 3. The predicted molar refractivity (Wildman–Crippen MR) is 68.8 cm³/mol. The number of carbonyl (C=O) groups is 2. The largest absolute Gasteiger partial charge is 0.355 e. The second-order valence-corrected chi connectivity index (χ2v) is 5.43. The number of nitrogens with two attached hydrogens (primary N) is 1. The number of nitrogens with one attached hydrogen (secondary N) is 1. The van der Waals surface area contributed by atoms with Crippen LogP contribution in [0, 0.1) is 5.41 Å². The Morgan fingerprint density at radius 2 is 1.83 bits per heavy atom. The zero-order valence-electron chi connectivity index (χ0n) is 10.9. The van der Waals surface area contributed by atoms with Gasteiger partial charge in [-0.25, -0.2) is 0 Å². The number of carbonyl (C=O) groups excluding carboxylic acids is 2. The van der Waals surface area contributed by atoms with Crippen LogP contribution in [-0.2, 0) is 9.59 Å². The van der Waals surface area contributed by atoms with Gasteiger partial charge >= 0.3 is 0 Å². The summed E-state index contributed by atoms with van der Waals surface area (Å²) in [5, 5.41) is 2.86. The van der Waals surface area contributed by atoms with Crippen molar-refractivity contribution in [2.75, 3.05) is 26.2 Å². The molecule has 0 atom stereocenters. The van der Waals surface area contributed by atoms with E-state index in [0.717, 1.165) is 45.2 Å². The summed E-state index contributed by atoms with van der Waals surface area (Å²) in [6.07, 6.45) is 5.47. The van der Waals surface area contributed by atoms with Gasteiger partial charge in [-0.3, -0.25) is 9.59 Å². The summed E-state index contributed by atoms with van der Waals surface area (Å²) in [4.78, 5) is 25.6. The molecule has 1 saturated heterocycles. The van der Waals surface area contributed by atoms with Crippen molar-refractivity contribution in [2.45, 2.75) is 38.5 Å². The fourth-order valence-electron chi connectivity index (χ4n) is 2.72. The van der Waals surface area contributed by atoms with E-state index in [9.17, 15) is 9.59 Å². The fourth-order valence-corrected chi connectivity index (χ4v) is 2.72. The van der Waals surface area contributed by atoms with Crippen molar-refractivity contribution in [3.8, 4) is 0 Å². The number of rotatable bonds is 5. The third-order valence-corrected chi connectivity index (χ3v) is 4.27. The van der Waals surface area contributed by atoms with Crippen LogP contribution in [-0.4, -0.2) is 42.9 Å². The lowest BCUT2D eigenvalue weighted by Gasteiger charge is -2.39. The normalized spacial score (nSPS) is 21.5.